The lowest BCUT2D eigenvalue weighted by atomic mass is 10.1. The third-order valence-electron chi connectivity index (χ3n) is 3.66. The van der Waals surface area contributed by atoms with Crippen LogP contribution < -0.4 is 15.4 Å². The molecule has 0 aliphatic carbocycles. The lowest BCUT2D eigenvalue weighted by Crippen LogP contribution is -2.31. The highest BCUT2D eigenvalue weighted by Crippen LogP contribution is 2.18. The van der Waals surface area contributed by atoms with Crippen LogP contribution >= 0.6 is 0 Å². The Labute approximate surface area is 156 Å². The van der Waals surface area contributed by atoms with Gasteiger partial charge in [0.2, 0.25) is 15.9 Å². The van der Waals surface area contributed by atoms with E-state index in [1.807, 2.05) is 0 Å². The number of aromatic nitrogens is 2. The molecule has 1 aromatic carbocycles. The highest BCUT2D eigenvalue weighted by molar-refractivity contribution is 7.89. The Hall–Kier alpha value is -2.76. The number of anilines is 1. The molecular formula is C16H21N5O5S. The van der Waals surface area contributed by atoms with Crippen LogP contribution in [-0.2, 0) is 31.4 Å². The van der Waals surface area contributed by atoms with Crippen molar-refractivity contribution in [2.24, 2.45) is 7.05 Å². The van der Waals surface area contributed by atoms with E-state index in [0.29, 0.717) is 11.3 Å². The minimum Gasteiger partial charge on any atom is -0.468 e. The molecular weight excluding hydrogens is 374 g/mol. The molecule has 27 heavy (non-hydrogen) atoms. The van der Waals surface area contributed by atoms with E-state index in [1.54, 1.807) is 37.2 Å². The van der Waals surface area contributed by atoms with Crippen LogP contribution in [0, 0.1) is 0 Å². The summed E-state index contributed by atoms with van der Waals surface area (Å²) >= 11 is 0. The number of sulfonamides is 1. The number of carbonyl (C=O) groups excluding carboxylic acids is 2. The van der Waals surface area contributed by atoms with Gasteiger partial charge in [-0.15, -0.1) is 0 Å². The predicted molar refractivity (Wildman–Crippen MR) is 97.3 cm³/mol. The molecule has 0 spiro atoms. The zero-order chi connectivity index (χ0) is 20.0. The Bertz CT molecular complexity index is 925. The molecule has 2 rings (SSSR count). The highest BCUT2D eigenvalue weighted by Gasteiger charge is 2.21. The van der Waals surface area contributed by atoms with Crippen molar-refractivity contribution in [1.29, 1.82) is 0 Å². The average molecular weight is 395 g/mol. The van der Waals surface area contributed by atoms with Crippen molar-refractivity contribution >= 4 is 27.6 Å². The summed E-state index contributed by atoms with van der Waals surface area (Å²) < 4.78 is 32.6. The first-order valence-electron chi connectivity index (χ1n) is 7.90. The van der Waals surface area contributed by atoms with Crippen molar-refractivity contribution in [2.75, 3.05) is 26.0 Å². The smallest absolute Gasteiger partial charge is 0.320 e. The van der Waals surface area contributed by atoms with E-state index >= 15 is 0 Å². The minimum atomic E-state index is -3.93. The third kappa shape index (κ3) is 5.36. The lowest BCUT2D eigenvalue weighted by molar-refractivity contribution is -0.139. The van der Waals surface area contributed by atoms with Gasteiger partial charge in [-0.25, -0.2) is 8.42 Å². The van der Waals surface area contributed by atoms with Crippen molar-refractivity contribution in [2.45, 2.75) is 10.9 Å². The van der Waals surface area contributed by atoms with Crippen molar-refractivity contribution < 1.29 is 22.7 Å². The van der Waals surface area contributed by atoms with Gasteiger partial charge < -0.3 is 15.4 Å². The van der Waals surface area contributed by atoms with Crippen LogP contribution in [0.1, 0.15) is 11.6 Å². The van der Waals surface area contributed by atoms with Gasteiger partial charge in [0.05, 0.1) is 18.2 Å². The molecule has 1 atom stereocenters. The Morgan fingerprint density at radius 2 is 2.07 bits per heavy atom. The van der Waals surface area contributed by atoms with E-state index in [0.717, 1.165) is 7.11 Å². The molecule has 1 unspecified atom stereocenters. The van der Waals surface area contributed by atoms with Crippen LogP contribution in [0.25, 0.3) is 0 Å². The Morgan fingerprint density at radius 1 is 1.33 bits per heavy atom. The standard InChI is InChI=1S/C16H21N5O5S/c1-17-15(11-8-18-21(2)10-11)16(23)20-12-5-4-6-13(7-12)27(24,25)19-9-14(22)26-3/h4-8,10,15,17,19H,9H2,1-3H3,(H,20,23). The van der Waals surface area contributed by atoms with E-state index in [4.69, 9.17) is 0 Å². The van der Waals surface area contributed by atoms with Gasteiger partial charge in [-0.2, -0.15) is 9.82 Å². The van der Waals surface area contributed by atoms with E-state index in [-0.39, 0.29) is 10.8 Å². The second-order valence-electron chi connectivity index (χ2n) is 5.59. The molecule has 11 heteroatoms. The number of likely N-dealkylation sites (N-methyl/N-ethyl adjacent to an activating group) is 1. The van der Waals surface area contributed by atoms with Crippen LogP contribution in [-0.4, -0.2) is 50.8 Å². The summed E-state index contributed by atoms with van der Waals surface area (Å²) in [6.07, 6.45) is 3.27. The first kappa shape index (κ1) is 20.6. The number of carbonyl (C=O) groups is 2. The molecule has 0 saturated heterocycles. The first-order valence-corrected chi connectivity index (χ1v) is 9.38. The summed E-state index contributed by atoms with van der Waals surface area (Å²) in [6, 6.07) is 5.05. The molecule has 0 aliphatic rings. The second-order valence-corrected chi connectivity index (χ2v) is 7.35. The third-order valence-corrected chi connectivity index (χ3v) is 5.05. The average Bonchev–Trinajstić information content (AvgIpc) is 3.06. The van der Waals surface area contributed by atoms with E-state index in [1.165, 1.54) is 18.2 Å². The second kappa shape index (κ2) is 8.75. The Morgan fingerprint density at radius 3 is 2.67 bits per heavy atom. The summed E-state index contributed by atoms with van der Waals surface area (Å²) in [4.78, 5) is 23.6. The van der Waals surface area contributed by atoms with Crippen LogP contribution in [0.5, 0.6) is 0 Å². The summed E-state index contributed by atoms with van der Waals surface area (Å²) in [5.74, 6) is -1.08. The predicted octanol–water partition coefficient (Wildman–Crippen LogP) is -0.229. The summed E-state index contributed by atoms with van der Waals surface area (Å²) in [7, 11) is 0.604. The molecule has 1 heterocycles. The number of ether oxygens (including phenoxy) is 1. The minimum absolute atomic E-state index is 0.0911. The lowest BCUT2D eigenvalue weighted by Gasteiger charge is -2.15. The van der Waals surface area contributed by atoms with Crippen LogP contribution in [0.4, 0.5) is 5.69 Å². The molecule has 0 aliphatic heterocycles. The Balaban J connectivity index is 2.14. The maximum Gasteiger partial charge on any atom is 0.320 e. The summed E-state index contributed by atoms with van der Waals surface area (Å²) in [5, 5.41) is 9.59. The molecule has 10 nitrogen and oxygen atoms in total. The van der Waals surface area contributed by atoms with Gasteiger partial charge in [-0.3, -0.25) is 14.3 Å². The number of aryl methyl sites for hydroxylation is 1. The topological polar surface area (TPSA) is 131 Å². The number of hydrogen-bond donors (Lipinski definition) is 3. The highest BCUT2D eigenvalue weighted by atomic mass is 32.2. The van der Waals surface area contributed by atoms with Crippen LogP contribution in [0.2, 0.25) is 0 Å². The van der Waals surface area contributed by atoms with E-state index in [2.05, 4.69) is 25.2 Å². The van der Waals surface area contributed by atoms with Crippen molar-refractivity contribution in [3.8, 4) is 0 Å². The quantitative estimate of drug-likeness (QED) is 0.526. The number of hydrogen-bond acceptors (Lipinski definition) is 7. The van der Waals surface area contributed by atoms with Gasteiger partial charge >= 0.3 is 5.97 Å². The molecule has 3 N–H and O–H groups in total. The van der Waals surface area contributed by atoms with Crippen LogP contribution in [0.15, 0.2) is 41.6 Å². The largest absolute Gasteiger partial charge is 0.468 e. The number of nitrogens with one attached hydrogen (secondary N) is 3. The maximum absolute atomic E-state index is 12.5. The molecule has 0 bridgehead atoms. The first-order chi connectivity index (χ1) is 12.8. The molecule has 2 aromatic rings. The fraction of sp³-hybridized carbons (Fsp3) is 0.312. The van der Waals surface area contributed by atoms with Crippen LogP contribution in [0.3, 0.4) is 0 Å². The summed E-state index contributed by atoms with van der Waals surface area (Å²) in [6.45, 7) is -0.488. The molecule has 0 fully saturated rings. The van der Waals surface area contributed by atoms with Gasteiger partial charge in [0.15, 0.2) is 0 Å². The van der Waals surface area contributed by atoms with E-state index in [9.17, 15) is 18.0 Å². The Kier molecular flexibility index (Phi) is 6.66. The number of esters is 1. The SMILES string of the molecule is CNC(C(=O)Nc1cccc(S(=O)(=O)NCC(=O)OC)c1)c1cnn(C)c1. The summed E-state index contributed by atoms with van der Waals surface area (Å²) in [5.41, 5.74) is 0.964. The van der Waals surface area contributed by atoms with Gasteiger partial charge in [0.1, 0.15) is 12.6 Å². The molecule has 1 aromatic heterocycles. The van der Waals surface area contributed by atoms with Gasteiger partial charge in [0, 0.05) is 24.5 Å². The van der Waals surface area contributed by atoms with Gasteiger partial charge in [0.25, 0.3) is 0 Å². The van der Waals surface area contributed by atoms with Crippen molar-refractivity contribution in [1.82, 2.24) is 19.8 Å². The molecule has 146 valence electrons. The van der Waals surface area contributed by atoms with Gasteiger partial charge in [-0.05, 0) is 25.2 Å². The fourth-order valence-corrected chi connectivity index (χ4v) is 3.32. The number of nitrogens with zero attached hydrogens (tertiary/aromatic N) is 2. The number of amides is 1. The zero-order valence-electron chi connectivity index (χ0n) is 15.1. The number of rotatable bonds is 8. The van der Waals surface area contributed by atoms with Gasteiger partial charge in [-0.1, -0.05) is 6.07 Å². The van der Waals surface area contributed by atoms with E-state index < -0.39 is 28.6 Å². The fourth-order valence-electron chi connectivity index (χ4n) is 2.30. The zero-order valence-corrected chi connectivity index (χ0v) is 15.9. The van der Waals surface area contributed by atoms with Crippen molar-refractivity contribution in [3.63, 3.8) is 0 Å². The molecule has 0 saturated carbocycles. The molecule has 0 radical (unpaired) electrons. The monoisotopic (exact) mass is 395 g/mol. The number of methoxy groups -OCH3 is 1. The molecule has 1 amide bonds. The van der Waals surface area contributed by atoms with Crippen molar-refractivity contribution in [3.05, 3.63) is 42.2 Å². The maximum atomic E-state index is 12.5. The normalized spacial score (nSPS) is 12.4. The number of benzene rings is 1.